The normalized spacial score (nSPS) is 13.5. The van der Waals surface area contributed by atoms with Crippen LogP contribution in [-0.4, -0.2) is 17.3 Å². The molecule has 0 aliphatic rings. The fraction of sp³-hybridized carbons (Fsp3) is 0.375. The molecule has 3 heteroatoms. The van der Waals surface area contributed by atoms with Gasteiger partial charge in [0.25, 0.3) is 0 Å². The smallest absolute Gasteiger partial charge is 0.132 e. The van der Waals surface area contributed by atoms with E-state index >= 15 is 0 Å². The van der Waals surface area contributed by atoms with Crippen molar-refractivity contribution in [1.29, 1.82) is 0 Å². The second kappa shape index (κ2) is 5.19. The highest BCUT2D eigenvalue weighted by Crippen LogP contribution is 2.33. The van der Waals surface area contributed by atoms with Gasteiger partial charge in [0.1, 0.15) is 12.4 Å². The second-order valence-electron chi connectivity index (χ2n) is 5.59. The molecule has 0 aliphatic heterocycles. The van der Waals surface area contributed by atoms with Gasteiger partial charge in [0.05, 0.1) is 5.60 Å². The van der Waals surface area contributed by atoms with Crippen LogP contribution in [0.15, 0.2) is 36.4 Å². The third-order valence-electron chi connectivity index (χ3n) is 2.97. The Kier molecular flexibility index (Phi) is 3.78. The SMILES string of the molecule is C[C@@H](N)c1ccc2ccccc2c1OCC(C)(C)O. The van der Waals surface area contributed by atoms with E-state index in [9.17, 15) is 5.11 Å². The highest BCUT2D eigenvalue weighted by atomic mass is 16.5. The van der Waals surface area contributed by atoms with Crippen molar-refractivity contribution in [2.45, 2.75) is 32.4 Å². The standard InChI is InChI=1S/C16H21NO2/c1-11(17)13-9-8-12-6-4-5-7-14(12)15(13)19-10-16(2,3)18/h4-9,11,18H,10,17H2,1-3H3/t11-/m1/s1. The van der Waals surface area contributed by atoms with Crippen molar-refractivity contribution in [2.75, 3.05) is 6.61 Å². The molecule has 0 aromatic heterocycles. The van der Waals surface area contributed by atoms with Crippen molar-refractivity contribution >= 4 is 10.8 Å². The maximum Gasteiger partial charge on any atom is 0.132 e. The maximum absolute atomic E-state index is 9.82. The molecule has 2 aromatic carbocycles. The summed E-state index contributed by atoms with van der Waals surface area (Å²) in [6, 6.07) is 12.0. The molecule has 1 atom stereocenters. The summed E-state index contributed by atoms with van der Waals surface area (Å²) >= 11 is 0. The van der Waals surface area contributed by atoms with E-state index in [1.165, 1.54) is 0 Å². The van der Waals surface area contributed by atoms with Gasteiger partial charge in [0.15, 0.2) is 0 Å². The predicted octanol–water partition coefficient (Wildman–Crippen LogP) is 3.01. The van der Waals surface area contributed by atoms with Crippen LogP contribution in [0.3, 0.4) is 0 Å². The zero-order valence-corrected chi connectivity index (χ0v) is 11.7. The lowest BCUT2D eigenvalue weighted by molar-refractivity contribution is 0.0286. The molecule has 0 saturated heterocycles. The van der Waals surface area contributed by atoms with Gasteiger partial charge in [-0.3, -0.25) is 0 Å². The number of rotatable bonds is 4. The first-order valence-corrected chi connectivity index (χ1v) is 6.51. The number of fused-ring (bicyclic) bond motifs is 1. The molecule has 0 fully saturated rings. The Hall–Kier alpha value is -1.58. The molecule has 3 N–H and O–H groups in total. The van der Waals surface area contributed by atoms with Gasteiger partial charge in [-0.05, 0) is 26.2 Å². The zero-order valence-electron chi connectivity index (χ0n) is 11.7. The molecular formula is C16H21NO2. The van der Waals surface area contributed by atoms with Crippen molar-refractivity contribution in [3.63, 3.8) is 0 Å². The Labute approximate surface area is 114 Å². The topological polar surface area (TPSA) is 55.5 Å². The van der Waals surface area contributed by atoms with Crippen LogP contribution in [0.25, 0.3) is 10.8 Å². The van der Waals surface area contributed by atoms with Crippen molar-refractivity contribution in [3.8, 4) is 5.75 Å². The molecule has 0 unspecified atom stereocenters. The van der Waals surface area contributed by atoms with E-state index < -0.39 is 5.60 Å². The molecule has 2 aromatic rings. The second-order valence-corrected chi connectivity index (χ2v) is 5.59. The van der Waals surface area contributed by atoms with Crippen molar-refractivity contribution in [1.82, 2.24) is 0 Å². The molecule has 2 rings (SSSR count). The fourth-order valence-electron chi connectivity index (χ4n) is 2.03. The Morgan fingerprint density at radius 3 is 2.53 bits per heavy atom. The van der Waals surface area contributed by atoms with Crippen LogP contribution in [0, 0.1) is 0 Å². The number of hydrogen-bond donors (Lipinski definition) is 2. The number of ether oxygens (including phenoxy) is 1. The van der Waals surface area contributed by atoms with Crippen LogP contribution in [0.4, 0.5) is 0 Å². The Bertz CT molecular complexity index is 570. The van der Waals surface area contributed by atoms with Crippen molar-refractivity contribution in [3.05, 3.63) is 42.0 Å². The van der Waals surface area contributed by atoms with E-state index in [0.717, 1.165) is 22.1 Å². The van der Waals surface area contributed by atoms with Crippen LogP contribution >= 0.6 is 0 Å². The van der Waals surface area contributed by atoms with Crippen LogP contribution in [-0.2, 0) is 0 Å². The minimum absolute atomic E-state index is 0.110. The van der Waals surface area contributed by atoms with E-state index in [-0.39, 0.29) is 12.6 Å². The van der Waals surface area contributed by atoms with Gasteiger partial charge in [-0.2, -0.15) is 0 Å². The summed E-state index contributed by atoms with van der Waals surface area (Å²) in [4.78, 5) is 0. The lowest BCUT2D eigenvalue weighted by Gasteiger charge is -2.22. The first-order valence-electron chi connectivity index (χ1n) is 6.51. The summed E-state index contributed by atoms with van der Waals surface area (Å²) in [5.74, 6) is 0.773. The van der Waals surface area contributed by atoms with E-state index in [4.69, 9.17) is 10.5 Å². The molecule has 0 spiro atoms. The molecule has 3 nitrogen and oxygen atoms in total. The van der Waals surface area contributed by atoms with Gasteiger partial charge in [-0.25, -0.2) is 0 Å². The average Bonchev–Trinajstić information content (AvgIpc) is 2.34. The van der Waals surface area contributed by atoms with Gasteiger partial charge in [-0.1, -0.05) is 36.4 Å². The van der Waals surface area contributed by atoms with E-state index in [1.807, 2.05) is 43.3 Å². The Morgan fingerprint density at radius 2 is 1.89 bits per heavy atom. The molecular weight excluding hydrogens is 238 g/mol. The van der Waals surface area contributed by atoms with E-state index in [2.05, 4.69) is 0 Å². The highest BCUT2D eigenvalue weighted by Gasteiger charge is 2.17. The number of hydrogen-bond acceptors (Lipinski definition) is 3. The molecule has 0 bridgehead atoms. The third kappa shape index (κ3) is 3.25. The molecule has 0 radical (unpaired) electrons. The number of aliphatic hydroxyl groups is 1. The van der Waals surface area contributed by atoms with Crippen molar-refractivity contribution in [2.24, 2.45) is 5.73 Å². The maximum atomic E-state index is 9.82. The lowest BCUT2D eigenvalue weighted by Crippen LogP contribution is -2.28. The minimum Gasteiger partial charge on any atom is -0.490 e. The minimum atomic E-state index is -0.869. The van der Waals surface area contributed by atoms with Gasteiger partial charge in [0.2, 0.25) is 0 Å². The summed E-state index contributed by atoms with van der Waals surface area (Å²) in [6.45, 7) is 5.62. The van der Waals surface area contributed by atoms with Crippen molar-refractivity contribution < 1.29 is 9.84 Å². The van der Waals surface area contributed by atoms with E-state index in [0.29, 0.717) is 0 Å². The highest BCUT2D eigenvalue weighted by molar-refractivity contribution is 5.89. The first-order chi connectivity index (χ1) is 8.88. The van der Waals surface area contributed by atoms with E-state index in [1.54, 1.807) is 13.8 Å². The molecule has 0 aliphatic carbocycles. The zero-order chi connectivity index (χ0) is 14.0. The fourth-order valence-corrected chi connectivity index (χ4v) is 2.03. The summed E-state index contributed by atoms with van der Waals surface area (Å²) < 4.78 is 5.85. The quantitative estimate of drug-likeness (QED) is 0.887. The van der Waals surface area contributed by atoms with Gasteiger partial charge >= 0.3 is 0 Å². The van der Waals surface area contributed by atoms with Crippen LogP contribution in [0.1, 0.15) is 32.4 Å². The van der Waals surface area contributed by atoms with Gasteiger partial charge in [0, 0.05) is 17.0 Å². The summed E-state index contributed by atoms with van der Waals surface area (Å²) in [5.41, 5.74) is 6.09. The molecule has 102 valence electrons. The van der Waals surface area contributed by atoms with Crippen LogP contribution in [0.2, 0.25) is 0 Å². The lowest BCUT2D eigenvalue weighted by atomic mass is 10.0. The number of benzene rings is 2. The summed E-state index contributed by atoms with van der Waals surface area (Å²) in [6.07, 6.45) is 0. The largest absolute Gasteiger partial charge is 0.490 e. The average molecular weight is 259 g/mol. The predicted molar refractivity (Wildman–Crippen MR) is 78.3 cm³/mol. The summed E-state index contributed by atoms with van der Waals surface area (Å²) in [7, 11) is 0. The Balaban J connectivity index is 2.50. The number of nitrogens with two attached hydrogens (primary N) is 1. The van der Waals surface area contributed by atoms with Gasteiger partial charge in [-0.15, -0.1) is 0 Å². The van der Waals surface area contributed by atoms with Crippen LogP contribution in [0.5, 0.6) is 5.75 Å². The molecule has 0 heterocycles. The molecule has 0 amide bonds. The van der Waals surface area contributed by atoms with Crippen LogP contribution < -0.4 is 10.5 Å². The monoisotopic (exact) mass is 259 g/mol. The first kappa shape index (κ1) is 13.8. The Morgan fingerprint density at radius 1 is 1.21 bits per heavy atom. The summed E-state index contributed by atoms with van der Waals surface area (Å²) in [5, 5.41) is 12.0. The van der Waals surface area contributed by atoms with Gasteiger partial charge < -0.3 is 15.6 Å². The third-order valence-corrected chi connectivity index (χ3v) is 2.97. The molecule has 19 heavy (non-hydrogen) atoms. The molecule has 0 saturated carbocycles.